The quantitative estimate of drug-likeness (QED) is 0.911. The van der Waals surface area contributed by atoms with Gasteiger partial charge < -0.3 is 5.32 Å². The van der Waals surface area contributed by atoms with Crippen molar-refractivity contribution in [3.63, 3.8) is 0 Å². The molecule has 0 radical (unpaired) electrons. The lowest BCUT2D eigenvalue weighted by Crippen LogP contribution is -2.13. The first-order valence-corrected chi connectivity index (χ1v) is 6.09. The molecule has 1 heterocycles. The Balaban J connectivity index is 1.90. The summed E-state index contributed by atoms with van der Waals surface area (Å²) in [7, 11) is 0. The van der Waals surface area contributed by atoms with Crippen LogP contribution in [-0.2, 0) is 13.1 Å². The number of hydrogen-bond acceptors (Lipinski definition) is 2. The molecule has 0 saturated heterocycles. The van der Waals surface area contributed by atoms with Gasteiger partial charge in [0.15, 0.2) is 0 Å². The van der Waals surface area contributed by atoms with Gasteiger partial charge in [0.1, 0.15) is 5.82 Å². The average molecular weight is 298 g/mol. The van der Waals surface area contributed by atoms with Crippen LogP contribution in [0.2, 0.25) is 0 Å². The average Bonchev–Trinajstić information content (AvgIpc) is 2.70. The van der Waals surface area contributed by atoms with Gasteiger partial charge in [0.05, 0.1) is 10.7 Å². The Morgan fingerprint density at radius 3 is 2.88 bits per heavy atom. The fraction of sp³-hybridized carbons (Fsp3) is 0.250. The Morgan fingerprint density at radius 2 is 2.24 bits per heavy atom. The van der Waals surface area contributed by atoms with Gasteiger partial charge in [-0.1, -0.05) is 6.07 Å². The zero-order valence-electron chi connectivity index (χ0n) is 9.43. The number of nitrogens with one attached hydrogen (secondary N) is 2. The summed E-state index contributed by atoms with van der Waals surface area (Å²) >= 11 is 3.13. The number of halogens is 2. The maximum absolute atomic E-state index is 13.3. The largest absolute Gasteiger partial charge is 0.308 e. The van der Waals surface area contributed by atoms with Gasteiger partial charge >= 0.3 is 0 Å². The molecular formula is C12H13BrFN3. The third-order valence-electron chi connectivity index (χ3n) is 2.56. The second-order valence-electron chi connectivity index (χ2n) is 3.87. The molecule has 17 heavy (non-hydrogen) atoms. The molecule has 0 aliphatic rings. The van der Waals surface area contributed by atoms with E-state index < -0.39 is 0 Å². The molecule has 0 amide bonds. The highest BCUT2D eigenvalue weighted by atomic mass is 79.9. The van der Waals surface area contributed by atoms with E-state index in [0.717, 1.165) is 23.4 Å². The van der Waals surface area contributed by atoms with Gasteiger partial charge in [0.25, 0.3) is 0 Å². The molecule has 2 N–H and O–H groups in total. The molecule has 0 saturated carbocycles. The van der Waals surface area contributed by atoms with E-state index in [1.807, 2.05) is 13.0 Å². The third-order valence-corrected chi connectivity index (χ3v) is 3.21. The van der Waals surface area contributed by atoms with Gasteiger partial charge in [-0.25, -0.2) is 4.39 Å². The van der Waals surface area contributed by atoms with Gasteiger partial charge in [0, 0.05) is 24.3 Å². The first-order valence-electron chi connectivity index (χ1n) is 5.30. The van der Waals surface area contributed by atoms with Crippen LogP contribution in [0.1, 0.15) is 16.8 Å². The number of hydrogen-bond donors (Lipinski definition) is 2. The van der Waals surface area contributed by atoms with Crippen LogP contribution in [0.25, 0.3) is 0 Å². The minimum absolute atomic E-state index is 0.233. The highest BCUT2D eigenvalue weighted by Gasteiger charge is 2.02. The number of aromatic amines is 1. The minimum Gasteiger partial charge on any atom is -0.308 e. The predicted molar refractivity (Wildman–Crippen MR) is 68.0 cm³/mol. The van der Waals surface area contributed by atoms with Crippen LogP contribution in [-0.4, -0.2) is 10.2 Å². The summed E-state index contributed by atoms with van der Waals surface area (Å²) in [5.41, 5.74) is 3.11. The van der Waals surface area contributed by atoms with Crippen LogP contribution in [0.15, 0.2) is 28.9 Å². The van der Waals surface area contributed by atoms with Crippen LogP contribution in [0, 0.1) is 12.7 Å². The van der Waals surface area contributed by atoms with E-state index in [4.69, 9.17) is 0 Å². The van der Waals surface area contributed by atoms with Crippen molar-refractivity contribution in [3.8, 4) is 0 Å². The molecule has 0 atom stereocenters. The molecule has 0 aliphatic carbocycles. The molecule has 0 bridgehead atoms. The number of nitrogens with zero attached hydrogens (tertiary/aromatic N) is 1. The number of rotatable bonds is 4. The summed E-state index contributed by atoms with van der Waals surface area (Å²) in [6.45, 7) is 3.33. The normalized spacial score (nSPS) is 10.8. The maximum atomic E-state index is 13.3. The topological polar surface area (TPSA) is 40.7 Å². The molecule has 1 aromatic carbocycles. The lowest BCUT2D eigenvalue weighted by molar-refractivity contribution is 0.613. The van der Waals surface area contributed by atoms with Crippen molar-refractivity contribution in [1.29, 1.82) is 0 Å². The van der Waals surface area contributed by atoms with Crippen molar-refractivity contribution in [2.24, 2.45) is 0 Å². The molecule has 5 heteroatoms. The van der Waals surface area contributed by atoms with E-state index in [1.165, 1.54) is 6.07 Å². The molecule has 2 rings (SSSR count). The molecule has 3 nitrogen and oxygen atoms in total. The van der Waals surface area contributed by atoms with Crippen molar-refractivity contribution >= 4 is 15.9 Å². The van der Waals surface area contributed by atoms with E-state index in [1.54, 1.807) is 12.3 Å². The van der Waals surface area contributed by atoms with E-state index in [0.29, 0.717) is 11.0 Å². The SMILES string of the molecule is Cc1[nH]ncc1CNCc1ccc(Br)c(F)c1. The van der Waals surface area contributed by atoms with E-state index in [2.05, 4.69) is 31.4 Å². The fourth-order valence-electron chi connectivity index (χ4n) is 1.54. The first-order chi connectivity index (χ1) is 8.16. The van der Waals surface area contributed by atoms with Crippen molar-refractivity contribution in [2.45, 2.75) is 20.0 Å². The first kappa shape index (κ1) is 12.3. The standard InChI is InChI=1S/C12H13BrFN3/c1-8-10(7-16-17-8)6-15-5-9-2-3-11(13)12(14)4-9/h2-4,7,15H,5-6H2,1H3,(H,16,17). The predicted octanol–water partition coefficient (Wildman–Crippen LogP) is 2.91. The monoisotopic (exact) mass is 297 g/mol. The zero-order valence-corrected chi connectivity index (χ0v) is 11.0. The lowest BCUT2D eigenvalue weighted by Gasteiger charge is -2.05. The van der Waals surface area contributed by atoms with Gasteiger partial charge in [-0.15, -0.1) is 0 Å². The Kier molecular flexibility index (Phi) is 3.91. The van der Waals surface area contributed by atoms with Crippen molar-refractivity contribution in [3.05, 3.63) is 51.5 Å². The molecule has 0 spiro atoms. The van der Waals surface area contributed by atoms with Crippen molar-refractivity contribution in [1.82, 2.24) is 15.5 Å². The summed E-state index contributed by atoms with van der Waals surface area (Å²) in [5.74, 6) is -0.233. The molecule has 90 valence electrons. The van der Waals surface area contributed by atoms with Gasteiger partial charge in [0.2, 0.25) is 0 Å². The molecule has 0 unspecified atom stereocenters. The number of benzene rings is 1. The number of H-pyrrole nitrogens is 1. The maximum Gasteiger partial charge on any atom is 0.137 e. The van der Waals surface area contributed by atoms with Crippen LogP contribution in [0.4, 0.5) is 4.39 Å². The van der Waals surface area contributed by atoms with Gasteiger partial charge in [-0.3, -0.25) is 5.10 Å². The highest BCUT2D eigenvalue weighted by Crippen LogP contribution is 2.16. The van der Waals surface area contributed by atoms with Gasteiger partial charge in [-0.2, -0.15) is 5.10 Å². The van der Waals surface area contributed by atoms with Crippen LogP contribution >= 0.6 is 15.9 Å². The summed E-state index contributed by atoms with van der Waals surface area (Å²) in [6.07, 6.45) is 1.80. The highest BCUT2D eigenvalue weighted by molar-refractivity contribution is 9.10. The van der Waals surface area contributed by atoms with Crippen molar-refractivity contribution in [2.75, 3.05) is 0 Å². The molecule has 1 aromatic heterocycles. The zero-order chi connectivity index (χ0) is 12.3. The van der Waals surface area contributed by atoms with E-state index >= 15 is 0 Å². The van der Waals surface area contributed by atoms with Crippen LogP contribution in [0.5, 0.6) is 0 Å². The smallest absolute Gasteiger partial charge is 0.137 e. The lowest BCUT2D eigenvalue weighted by atomic mass is 10.2. The summed E-state index contributed by atoms with van der Waals surface area (Å²) in [4.78, 5) is 0. The van der Waals surface area contributed by atoms with Crippen LogP contribution in [0.3, 0.4) is 0 Å². The number of aromatic nitrogens is 2. The van der Waals surface area contributed by atoms with Crippen molar-refractivity contribution < 1.29 is 4.39 Å². The Morgan fingerprint density at radius 1 is 1.41 bits per heavy atom. The Labute approximate surface area is 108 Å². The number of aryl methyl sites for hydroxylation is 1. The van der Waals surface area contributed by atoms with E-state index in [9.17, 15) is 4.39 Å². The van der Waals surface area contributed by atoms with Gasteiger partial charge in [-0.05, 0) is 40.5 Å². The molecule has 0 fully saturated rings. The molecule has 2 aromatic rings. The summed E-state index contributed by atoms with van der Waals surface area (Å²) in [5, 5.41) is 10.1. The van der Waals surface area contributed by atoms with E-state index in [-0.39, 0.29) is 5.82 Å². The third kappa shape index (κ3) is 3.14. The fourth-order valence-corrected chi connectivity index (χ4v) is 1.79. The summed E-state index contributed by atoms with van der Waals surface area (Å²) in [6, 6.07) is 5.14. The second-order valence-corrected chi connectivity index (χ2v) is 4.73. The van der Waals surface area contributed by atoms with Crippen LogP contribution < -0.4 is 5.32 Å². The summed E-state index contributed by atoms with van der Waals surface area (Å²) < 4.78 is 13.7. The molecule has 0 aliphatic heterocycles. The minimum atomic E-state index is -0.233. The second kappa shape index (κ2) is 5.42. The Bertz CT molecular complexity index is 510. The molecular weight excluding hydrogens is 285 g/mol. The Hall–Kier alpha value is -1.20.